The summed E-state index contributed by atoms with van der Waals surface area (Å²) in [4.78, 5) is 0. The van der Waals surface area contributed by atoms with Crippen LogP contribution in [0.15, 0.2) is 24.3 Å². The Kier molecular flexibility index (Phi) is 5.77. The average Bonchev–Trinajstić information content (AvgIpc) is 2.29. The Morgan fingerprint density at radius 2 is 2.18 bits per heavy atom. The lowest BCUT2D eigenvalue weighted by atomic mass is 10.3. The molecule has 94 valence electrons. The topological polar surface area (TPSA) is 33.3 Å². The molecule has 0 saturated heterocycles. The molecule has 1 aromatic rings. The third-order valence-corrected chi connectivity index (χ3v) is 2.61. The number of benzene rings is 1. The van der Waals surface area contributed by atoms with Crippen LogP contribution in [0.3, 0.4) is 0 Å². The second-order valence-electron chi connectivity index (χ2n) is 3.87. The van der Waals surface area contributed by atoms with Gasteiger partial charge in [0.2, 0.25) is 0 Å². The van der Waals surface area contributed by atoms with Gasteiger partial charge in [-0.2, -0.15) is 0 Å². The molecule has 0 amide bonds. The SMILES string of the molecule is CCOc1cccc(NC(=S)N[C@@H](C)CC)c1. The van der Waals surface area contributed by atoms with Crippen LogP contribution in [0.4, 0.5) is 5.69 Å². The number of ether oxygens (including phenoxy) is 1. The lowest BCUT2D eigenvalue weighted by Gasteiger charge is -2.15. The van der Waals surface area contributed by atoms with Crippen molar-refractivity contribution in [1.29, 1.82) is 0 Å². The molecule has 1 rings (SSSR count). The minimum absolute atomic E-state index is 0.380. The fraction of sp³-hybridized carbons (Fsp3) is 0.462. The molecule has 1 aromatic carbocycles. The van der Waals surface area contributed by atoms with Gasteiger partial charge in [-0.05, 0) is 44.6 Å². The summed E-state index contributed by atoms with van der Waals surface area (Å²) in [5, 5.41) is 7.00. The van der Waals surface area contributed by atoms with Gasteiger partial charge in [0.25, 0.3) is 0 Å². The zero-order valence-electron chi connectivity index (χ0n) is 10.6. The standard InChI is InChI=1S/C13H20N2OS/c1-4-10(3)14-13(17)15-11-7-6-8-12(9-11)16-5-2/h6-10H,4-5H2,1-3H3,(H2,14,15,17)/t10-/m0/s1. The van der Waals surface area contributed by atoms with Crippen LogP contribution in [0.1, 0.15) is 27.2 Å². The molecule has 0 bridgehead atoms. The van der Waals surface area contributed by atoms with Crippen LogP contribution in [0.2, 0.25) is 0 Å². The maximum Gasteiger partial charge on any atom is 0.170 e. The normalized spacial score (nSPS) is 11.7. The van der Waals surface area contributed by atoms with E-state index in [1.807, 2.05) is 31.2 Å². The molecule has 1 atom stereocenters. The number of hydrogen-bond donors (Lipinski definition) is 2. The molecular formula is C13H20N2OS. The summed E-state index contributed by atoms with van der Waals surface area (Å²) >= 11 is 5.22. The maximum absolute atomic E-state index is 5.43. The van der Waals surface area contributed by atoms with Crippen LogP contribution in [0, 0.1) is 0 Å². The molecule has 0 aliphatic rings. The van der Waals surface area contributed by atoms with Crippen molar-refractivity contribution in [2.45, 2.75) is 33.2 Å². The van der Waals surface area contributed by atoms with Crippen LogP contribution in [0.5, 0.6) is 5.75 Å². The van der Waals surface area contributed by atoms with E-state index in [0.29, 0.717) is 17.8 Å². The smallest absolute Gasteiger partial charge is 0.170 e. The van der Waals surface area contributed by atoms with Crippen molar-refractivity contribution in [3.8, 4) is 5.75 Å². The van der Waals surface area contributed by atoms with E-state index < -0.39 is 0 Å². The molecule has 0 spiro atoms. The van der Waals surface area contributed by atoms with E-state index in [-0.39, 0.29) is 0 Å². The predicted molar refractivity (Wildman–Crippen MR) is 76.7 cm³/mol. The number of thiocarbonyl (C=S) groups is 1. The molecule has 4 heteroatoms. The highest BCUT2D eigenvalue weighted by Gasteiger charge is 2.02. The van der Waals surface area contributed by atoms with Crippen LogP contribution >= 0.6 is 12.2 Å². The van der Waals surface area contributed by atoms with E-state index in [1.54, 1.807) is 0 Å². The summed E-state index contributed by atoms with van der Waals surface area (Å²) in [5.74, 6) is 0.851. The van der Waals surface area contributed by atoms with Gasteiger partial charge in [-0.25, -0.2) is 0 Å². The van der Waals surface area contributed by atoms with Crippen LogP contribution in [-0.2, 0) is 0 Å². The Labute approximate surface area is 109 Å². The lowest BCUT2D eigenvalue weighted by Crippen LogP contribution is -2.35. The molecular weight excluding hydrogens is 232 g/mol. The van der Waals surface area contributed by atoms with Crippen LogP contribution < -0.4 is 15.4 Å². The Hall–Kier alpha value is -1.29. The van der Waals surface area contributed by atoms with Crippen molar-refractivity contribution >= 4 is 23.0 Å². The van der Waals surface area contributed by atoms with Crippen molar-refractivity contribution in [3.05, 3.63) is 24.3 Å². The number of nitrogens with one attached hydrogen (secondary N) is 2. The fourth-order valence-corrected chi connectivity index (χ4v) is 1.64. The molecule has 0 unspecified atom stereocenters. The predicted octanol–water partition coefficient (Wildman–Crippen LogP) is 3.17. The largest absolute Gasteiger partial charge is 0.494 e. The zero-order chi connectivity index (χ0) is 12.7. The first-order valence-corrected chi connectivity index (χ1v) is 6.37. The van der Waals surface area contributed by atoms with Crippen molar-refractivity contribution in [3.63, 3.8) is 0 Å². The maximum atomic E-state index is 5.43. The highest BCUT2D eigenvalue weighted by Crippen LogP contribution is 2.17. The highest BCUT2D eigenvalue weighted by molar-refractivity contribution is 7.80. The summed E-state index contributed by atoms with van der Waals surface area (Å²) < 4.78 is 5.43. The number of anilines is 1. The van der Waals surface area contributed by atoms with Crippen LogP contribution in [-0.4, -0.2) is 17.8 Å². The molecule has 0 aromatic heterocycles. The van der Waals surface area contributed by atoms with Crippen molar-refractivity contribution in [2.24, 2.45) is 0 Å². The van der Waals surface area contributed by atoms with E-state index in [4.69, 9.17) is 17.0 Å². The Morgan fingerprint density at radius 1 is 1.41 bits per heavy atom. The Balaban J connectivity index is 2.55. The van der Waals surface area contributed by atoms with Gasteiger partial charge in [-0.1, -0.05) is 13.0 Å². The third kappa shape index (κ3) is 5.04. The van der Waals surface area contributed by atoms with Gasteiger partial charge in [0.15, 0.2) is 5.11 Å². The average molecular weight is 252 g/mol. The minimum atomic E-state index is 0.380. The van der Waals surface area contributed by atoms with Gasteiger partial charge in [0, 0.05) is 17.8 Å². The summed E-state index contributed by atoms with van der Waals surface area (Å²) in [6.45, 7) is 6.86. The lowest BCUT2D eigenvalue weighted by molar-refractivity contribution is 0.340. The van der Waals surface area contributed by atoms with Gasteiger partial charge >= 0.3 is 0 Å². The zero-order valence-corrected chi connectivity index (χ0v) is 11.4. The number of hydrogen-bond acceptors (Lipinski definition) is 2. The van der Waals surface area contributed by atoms with E-state index in [2.05, 4.69) is 24.5 Å². The van der Waals surface area contributed by atoms with Crippen LogP contribution in [0.25, 0.3) is 0 Å². The van der Waals surface area contributed by atoms with Crippen molar-refractivity contribution in [1.82, 2.24) is 5.32 Å². The molecule has 0 aliphatic carbocycles. The highest BCUT2D eigenvalue weighted by atomic mass is 32.1. The van der Waals surface area contributed by atoms with Crippen molar-refractivity contribution < 1.29 is 4.74 Å². The second-order valence-corrected chi connectivity index (χ2v) is 4.28. The molecule has 0 aliphatic heterocycles. The summed E-state index contributed by atoms with van der Waals surface area (Å²) in [5.41, 5.74) is 0.941. The summed E-state index contributed by atoms with van der Waals surface area (Å²) in [6, 6.07) is 8.16. The van der Waals surface area contributed by atoms with Gasteiger partial charge < -0.3 is 15.4 Å². The molecule has 3 nitrogen and oxygen atoms in total. The molecule has 0 heterocycles. The van der Waals surface area contributed by atoms with E-state index in [9.17, 15) is 0 Å². The Morgan fingerprint density at radius 3 is 2.82 bits per heavy atom. The number of rotatable bonds is 5. The second kappa shape index (κ2) is 7.12. The first-order valence-electron chi connectivity index (χ1n) is 5.96. The molecule has 2 N–H and O–H groups in total. The van der Waals surface area contributed by atoms with Gasteiger partial charge in [0.1, 0.15) is 5.75 Å². The first kappa shape index (κ1) is 13.8. The Bertz CT molecular complexity index is 368. The molecule has 17 heavy (non-hydrogen) atoms. The monoisotopic (exact) mass is 252 g/mol. The molecule has 0 saturated carbocycles. The minimum Gasteiger partial charge on any atom is -0.494 e. The molecule has 0 radical (unpaired) electrons. The van der Waals surface area contributed by atoms with Gasteiger partial charge in [-0.3, -0.25) is 0 Å². The summed E-state index contributed by atoms with van der Waals surface area (Å²) in [6.07, 6.45) is 1.04. The van der Waals surface area contributed by atoms with E-state index in [0.717, 1.165) is 17.9 Å². The third-order valence-electron chi connectivity index (χ3n) is 2.39. The van der Waals surface area contributed by atoms with Crippen molar-refractivity contribution in [2.75, 3.05) is 11.9 Å². The summed E-state index contributed by atoms with van der Waals surface area (Å²) in [7, 11) is 0. The quantitative estimate of drug-likeness (QED) is 0.789. The first-order chi connectivity index (χ1) is 8.15. The van der Waals surface area contributed by atoms with Gasteiger partial charge in [0.05, 0.1) is 6.61 Å². The van der Waals surface area contributed by atoms with E-state index >= 15 is 0 Å². The van der Waals surface area contributed by atoms with E-state index in [1.165, 1.54) is 0 Å². The van der Waals surface area contributed by atoms with Gasteiger partial charge in [-0.15, -0.1) is 0 Å². The fourth-order valence-electron chi connectivity index (χ4n) is 1.32. The molecule has 0 fully saturated rings.